The summed E-state index contributed by atoms with van der Waals surface area (Å²) in [5, 5.41) is 6.89. The van der Waals surface area contributed by atoms with Gasteiger partial charge in [0.1, 0.15) is 5.69 Å². The Kier molecular flexibility index (Phi) is 3.22. The third-order valence-corrected chi connectivity index (χ3v) is 2.34. The maximum atomic E-state index is 12.5. The SMILES string of the molecule is CNc1cnn(Cc2cccc(C(F)(F)F)n2)c1. The summed E-state index contributed by atoms with van der Waals surface area (Å²) in [4.78, 5) is 3.57. The Bertz CT molecular complexity index is 533. The van der Waals surface area contributed by atoms with E-state index in [-0.39, 0.29) is 6.54 Å². The van der Waals surface area contributed by atoms with Gasteiger partial charge in [-0.3, -0.25) is 4.68 Å². The summed E-state index contributed by atoms with van der Waals surface area (Å²) in [6, 6.07) is 3.83. The van der Waals surface area contributed by atoms with Gasteiger partial charge in [0.2, 0.25) is 0 Å². The van der Waals surface area contributed by atoms with Gasteiger partial charge in [-0.2, -0.15) is 18.3 Å². The number of halogens is 3. The van der Waals surface area contributed by atoms with Crippen LogP contribution in [0.2, 0.25) is 0 Å². The quantitative estimate of drug-likeness (QED) is 0.916. The van der Waals surface area contributed by atoms with Crippen molar-refractivity contribution >= 4 is 5.69 Å². The summed E-state index contributed by atoms with van der Waals surface area (Å²) < 4.78 is 38.9. The lowest BCUT2D eigenvalue weighted by molar-refractivity contribution is -0.141. The maximum Gasteiger partial charge on any atom is 0.433 e. The van der Waals surface area contributed by atoms with E-state index in [1.807, 2.05) is 0 Å². The molecule has 1 N–H and O–H groups in total. The van der Waals surface area contributed by atoms with E-state index in [1.165, 1.54) is 16.8 Å². The van der Waals surface area contributed by atoms with Crippen LogP contribution in [0.3, 0.4) is 0 Å². The third kappa shape index (κ3) is 2.79. The lowest BCUT2D eigenvalue weighted by Crippen LogP contribution is -2.10. The summed E-state index contributed by atoms with van der Waals surface area (Å²) in [6.07, 6.45) is -1.13. The van der Waals surface area contributed by atoms with Crippen LogP contribution in [0.1, 0.15) is 11.4 Å². The molecule has 0 saturated heterocycles. The van der Waals surface area contributed by atoms with Crippen LogP contribution in [0.4, 0.5) is 18.9 Å². The van der Waals surface area contributed by atoms with E-state index in [0.29, 0.717) is 5.69 Å². The van der Waals surface area contributed by atoms with Crippen molar-refractivity contribution in [2.75, 3.05) is 12.4 Å². The second kappa shape index (κ2) is 4.67. The van der Waals surface area contributed by atoms with Crippen molar-refractivity contribution < 1.29 is 13.2 Å². The van der Waals surface area contributed by atoms with Crippen LogP contribution in [0, 0.1) is 0 Å². The van der Waals surface area contributed by atoms with Gasteiger partial charge in [0.25, 0.3) is 0 Å². The van der Waals surface area contributed by atoms with Crippen molar-refractivity contribution in [3.8, 4) is 0 Å². The van der Waals surface area contributed by atoms with Gasteiger partial charge in [-0.25, -0.2) is 4.98 Å². The molecule has 0 aliphatic heterocycles. The van der Waals surface area contributed by atoms with E-state index in [0.717, 1.165) is 11.8 Å². The maximum absolute atomic E-state index is 12.5. The molecule has 0 bridgehead atoms. The van der Waals surface area contributed by atoms with E-state index in [2.05, 4.69) is 15.4 Å². The predicted molar refractivity (Wildman–Crippen MR) is 60.1 cm³/mol. The molecule has 0 radical (unpaired) electrons. The number of pyridine rings is 1. The average molecular weight is 256 g/mol. The molecular formula is C11H11F3N4. The van der Waals surface area contributed by atoms with Crippen molar-refractivity contribution in [2.24, 2.45) is 0 Å². The first-order valence-electron chi connectivity index (χ1n) is 5.22. The van der Waals surface area contributed by atoms with Crippen molar-refractivity contribution in [2.45, 2.75) is 12.7 Å². The van der Waals surface area contributed by atoms with E-state index in [9.17, 15) is 13.2 Å². The summed E-state index contributed by atoms with van der Waals surface area (Å²) in [5.41, 5.74) is 0.221. The first-order chi connectivity index (χ1) is 8.49. The van der Waals surface area contributed by atoms with Gasteiger partial charge in [-0.15, -0.1) is 0 Å². The van der Waals surface area contributed by atoms with Crippen LogP contribution in [-0.4, -0.2) is 21.8 Å². The number of aromatic nitrogens is 3. The lowest BCUT2D eigenvalue weighted by Gasteiger charge is -2.07. The highest BCUT2D eigenvalue weighted by molar-refractivity contribution is 5.37. The normalized spacial score (nSPS) is 11.6. The Morgan fingerprint density at radius 2 is 2.11 bits per heavy atom. The molecule has 0 atom stereocenters. The van der Waals surface area contributed by atoms with Gasteiger partial charge in [0.15, 0.2) is 0 Å². The number of rotatable bonds is 3. The van der Waals surface area contributed by atoms with Gasteiger partial charge in [0, 0.05) is 13.2 Å². The molecule has 0 aliphatic rings. The van der Waals surface area contributed by atoms with Crippen LogP contribution >= 0.6 is 0 Å². The zero-order valence-corrected chi connectivity index (χ0v) is 9.57. The minimum Gasteiger partial charge on any atom is -0.386 e. The smallest absolute Gasteiger partial charge is 0.386 e. The number of hydrogen-bond acceptors (Lipinski definition) is 3. The van der Waals surface area contributed by atoms with Gasteiger partial charge in [0.05, 0.1) is 24.1 Å². The molecule has 2 rings (SSSR count). The highest BCUT2D eigenvalue weighted by Crippen LogP contribution is 2.27. The molecule has 0 spiro atoms. The molecule has 0 aromatic carbocycles. The van der Waals surface area contributed by atoms with Crippen LogP contribution in [0.15, 0.2) is 30.6 Å². The number of hydrogen-bond donors (Lipinski definition) is 1. The predicted octanol–water partition coefficient (Wildman–Crippen LogP) is 2.39. The topological polar surface area (TPSA) is 42.7 Å². The second-order valence-corrected chi connectivity index (χ2v) is 3.69. The van der Waals surface area contributed by atoms with Crippen molar-refractivity contribution in [3.05, 3.63) is 42.0 Å². The van der Waals surface area contributed by atoms with E-state index >= 15 is 0 Å². The molecule has 7 heteroatoms. The van der Waals surface area contributed by atoms with Gasteiger partial charge in [-0.05, 0) is 12.1 Å². The Hall–Kier alpha value is -2.05. The minimum absolute atomic E-state index is 0.200. The number of anilines is 1. The first kappa shape index (κ1) is 12.4. The van der Waals surface area contributed by atoms with Crippen molar-refractivity contribution in [1.29, 1.82) is 0 Å². The van der Waals surface area contributed by atoms with Crippen LogP contribution in [0.25, 0.3) is 0 Å². The van der Waals surface area contributed by atoms with E-state index in [1.54, 1.807) is 19.4 Å². The lowest BCUT2D eigenvalue weighted by atomic mass is 10.3. The second-order valence-electron chi connectivity index (χ2n) is 3.69. The highest BCUT2D eigenvalue weighted by Gasteiger charge is 2.32. The molecule has 2 heterocycles. The molecule has 0 unspecified atom stereocenters. The largest absolute Gasteiger partial charge is 0.433 e. The van der Waals surface area contributed by atoms with Gasteiger partial charge < -0.3 is 5.32 Å². The van der Waals surface area contributed by atoms with Gasteiger partial charge in [-0.1, -0.05) is 6.07 Å². The summed E-state index contributed by atoms with van der Waals surface area (Å²) in [7, 11) is 1.74. The van der Waals surface area contributed by atoms with Crippen molar-refractivity contribution in [1.82, 2.24) is 14.8 Å². The van der Waals surface area contributed by atoms with E-state index in [4.69, 9.17) is 0 Å². The van der Waals surface area contributed by atoms with Crippen molar-refractivity contribution in [3.63, 3.8) is 0 Å². The molecule has 0 fully saturated rings. The van der Waals surface area contributed by atoms with Crippen LogP contribution in [-0.2, 0) is 12.7 Å². The molecule has 0 amide bonds. The first-order valence-corrected chi connectivity index (χ1v) is 5.22. The summed E-state index contributed by atoms with van der Waals surface area (Å²) in [5.74, 6) is 0. The molecular weight excluding hydrogens is 245 g/mol. The average Bonchev–Trinajstić information content (AvgIpc) is 2.76. The number of alkyl halides is 3. The summed E-state index contributed by atoms with van der Waals surface area (Å²) in [6.45, 7) is 0.200. The summed E-state index contributed by atoms with van der Waals surface area (Å²) >= 11 is 0. The third-order valence-electron chi connectivity index (χ3n) is 2.34. The van der Waals surface area contributed by atoms with Gasteiger partial charge >= 0.3 is 6.18 Å². The zero-order valence-electron chi connectivity index (χ0n) is 9.57. The molecule has 2 aromatic rings. The molecule has 18 heavy (non-hydrogen) atoms. The minimum atomic E-state index is -4.42. The highest BCUT2D eigenvalue weighted by atomic mass is 19.4. The van der Waals surface area contributed by atoms with Crippen LogP contribution < -0.4 is 5.32 Å². The Labute approximate surface area is 101 Å². The number of nitrogens with one attached hydrogen (secondary N) is 1. The van der Waals surface area contributed by atoms with E-state index < -0.39 is 11.9 Å². The molecule has 0 aliphatic carbocycles. The Morgan fingerprint density at radius 3 is 2.72 bits per heavy atom. The Balaban J connectivity index is 2.19. The molecule has 2 aromatic heterocycles. The fraction of sp³-hybridized carbons (Fsp3) is 0.273. The fourth-order valence-corrected chi connectivity index (χ4v) is 1.47. The fourth-order valence-electron chi connectivity index (χ4n) is 1.47. The Morgan fingerprint density at radius 1 is 1.33 bits per heavy atom. The zero-order chi connectivity index (χ0) is 13.2. The molecule has 96 valence electrons. The van der Waals surface area contributed by atoms with Crippen LogP contribution in [0.5, 0.6) is 0 Å². The molecule has 0 saturated carbocycles. The standard InChI is InChI=1S/C11H11F3N4/c1-15-9-5-16-18(7-9)6-8-3-2-4-10(17-8)11(12,13)14/h2-5,7,15H,6H2,1H3. The molecule has 4 nitrogen and oxygen atoms in total. The number of nitrogens with zero attached hydrogens (tertiary/aromatic N) is 3. The monoisotopic (exact) mass is 256 g/mol.